The number of rotatable bonds is 2. The molecular formula is C11H15FN2O. The number of hydrogen-bond donors (Lipinski definition) is 1. The van der Waals surface area contributed by atoms with Gasteiger partial charge in [-0.15, -0.1) is 0 Å². The molecule has 1 aliphatic rings. The van der Waals surface area contributed by atoms with Crippen LogP contribution >= 0.6 is 0 Å². The zero-order valence-electron chi connectivity index (χ0n) is 8.78. The summed E-state index contributed by atoms with van der Waals surface area (Å²) in [5.41, 5.74) is 0.573. The van der Waals surface area contributed by atoms with Crippen molar-refractivity contribution < 1.29 is 9.50 Å². The number of pyridine rings is 1. The van der Waals surface area contributed by atoms with Crippen molar-refractivity contribution in [3.8, 4) is 0 Å². The van der Waals surface area contributed by atoms with Gasteiger partial charge in [0, 0.05) is 18.2 Å². The van der Waals surface area contributed by atoms with Gasteiger partial charge in [-0.2, -0.15) is 0 Å². The number of nitrogens with zero attached hydrogens (tertiary/aromatic N) is 2. The monoisotopic (exact) mass is 210 g/mol. The second-order valence-electron chi connectivity index (χ2n) is 3.98. The third-order valence-electron chi connectivity index (χ3n) is 2.90. The molecule has 3 nitrogen and oxygen atoms in total. The fourth-order valence-electron chi connectivity index (χ4n) is 2.10. The largest absolute Gasteiger partial charge is 0.392 e. The van der Waals surface area contributed by atoms with Gasteiger partial charge in [-0.3, -0.25) is 0 Å². The van der Waals surface area contributed by atoms with Crippen molar-refractivity contribution in [3.05, 3.63) is 23.6 Å². The molecule has 0 radical (unpaired) electrons. The summed E-state index contributed by atoms with van der Waals surface area (Å²) < 4.78 is 12.9. The van der Waals surface area contributed by atoms with E-state index in [1.54, 1.807) is 0 Å². The van der Waals surface area contributed by atoms with Gasteiger partial charge >= 0.3 is 0 Å². The first-order valence-corrected chi connectivity index (χ1v) is 5.24. The Morgan fingerprint density at radius 1 is 1.67 bits per heavy atom. The zero-order chi connectivity index (χ0) is 10.8. The second-order valence-corrected chi connectivity index (χ2v) is 3.98. The maximum atomic E-state index is 12.9. The molecule has 1 N–H and O–H groups in total. The van der Waals surface area contributed by atoms with Crippen molar-refractivity contribution >= 4 is 5.82 Å². The standard InChI is InChI=1S/C11H15FN2O/c1-8-3-2-4-14(8)11-9(7-15)5-10(12)6-13-11/h5-6,8,15H,2-4,7H2,1H3. The summed E-state index contributed by atoms with van der Waals surface area (Å²) in [5, 5.41) is 9.16. The first-order valence-electron chi connectivity index (χ1n) is 5.24. The molecule has 1 atom stereocenters. The Bertz CT molecular complexity index is 356. The number of anilines is 1. The van der Waals surface area contributed by atoms with Crippen molar-refractivity contribution in [1.29, 1.82) is 0 Å². The van der Waals surface area contributed by atoms with E-state index in [0.29, 0.717) is 11.6 Å². The number of aliphatic hydroxyl groups excluding tert-OH is 1. The molecule has 82 valence electrons. The SMILES string of the molecule is CC1CCCN1c1ncc(F)cc1CO. The van der Waals surface area contributed by atoms with Crippen LogP contribution in [0.2, 0.25) is 0 Å². The van der Waals surface area contributed by atoms with Crippen LogP contribution in [0.4, 0.5) is 10.2 Å². The first-order chi connectivity index (χ1) is 7.22. The van der Waals surface area contributed by atoms with E-state index in [-0.39, 0.29) is 6.61 Å². The molecule has 15 heavy (non-hydrogen) atoms. The number of halogens is 1. The molecule has 1 aliphatic heterocycles. The normalized spacial score (nSPS) is 21.0. The summed E-state index contributed by atoms with van der Waals surface area (Å²) in [6.45, 7) is 2.90. The topological polar surface area (TPSA) is 36.4 Å². The van der Waals surface area contributed by atoms with E-state index in [1.165, 1.54) is 12.3 Å². The van der Waals surface area contributed by atoms with Crippen LogP contribution in [0, 0.1) is 5.82 Å². The molecule has 1 aromatic heterocycles. The van der Waals surface area contributed by atoms with Crippen molar-refractivity contribution in [2.75, 3.05) is 11.4 Å². The highest BCUT2D eigenvalue weighted by Gasteiger charge is 2.23. The second kappa shape index (κ2) is 4.14. The number of aromatic nitrogens is 1. The van der Waals surface area contributed by atoms with E-state index in [2.05, 4.69) is 16.8 Å². The van der Waals surface area contributed by atoms with Gasteiger partial charge in [0.05, 0.1) is 12.8 Å². The number of hydrogen-bond acceptors (Lipinski definition) is 3. The van der Waals surface area contributed by atoms with Crippen molar-refractivity contribution in [2.45, 2.75) is 32.4 Å². The summed E-state index contributed by atoms with van der Waals surface area (Å²) in [6, 6.07) is 1.78. The minimum atomic E-state index is -0.394. The average molecular weight is 210 g/mol. The fourth-order valence-corrected chi connectivity index (χ4v) is 2.10. The Morgan fingerprint density at radius 2 is 2.47 bits per heavy atom. The Labute approximate surface area is 88.6 Å². The molecule has 1 fully saturated rings. The van der Waals surface area contributed by atoms with Crippen molar-refractivity contribution in [2.24, 2.45) is 0 Å². The van der Waals surface area contributed by atoms with Gasteiger partial charge in [0.2, 0.25) is 0 Å². The van der Waals surface area contributed by atoms with Gasteiger partial charge in [-0.1, -0.05) is 0 Å². The van der Waals surface area contributed by atoms with Crippen LogP contribution in [0.5, 0.6) is 0 Å². The molecule has 2 rings (SSSR count). The molecule has 1 unspecified atom stereocenters. The predicted molar refractivity (Wildman–Crippen MR) is 56.2 cm³/mol. The Kier molecular flexibility index (Phi) is 2.86. The minimum Gasteiger partial charge on any atom is -0.392 e. The molecule has 0 amide bonds. The van der Waals surface area contributed by atoms with Gasteiger partial charge in [0.1, 0.15) is 11.6 Å². The lowest BCUT2D eigenvalue weighted by molar-refractivity contribution is 0.281. The molecule has 0 bridgehead atoms. The smallest absolute Gasteiger partial charge is 0.142 e. The van der Waals surface area contributed by atoms with Gasteiger partial charge in [-0.25, -0.2) is 9.37 Å². The van der Waals surface area contributed by atoms with Gasteiger partial charge < -0.3 is 10.0 Å². The van der Waals surface area contributed by atoms with E-state index in [4.69, 9.17) is 5.11 Å². The Hall–Kier alpha value is -1.16. The Morgan fingerprint density at radius 3 is 3.07 bits per heavy atom. The molecule has 0 saturated carbocycles. The molecule has 2 heterocycles. The van der Waals surface area contributed by atoms with E-state index in [9.17, 15) is 4.39 Å². The van der Waals surface area contributed by atoms with E-state index < -0.39 is 5.82 Å². The summed E-state index contributed by atoms with van der Waals surface area (Å²) >= 11 is 0. The van der Waals surface area contributed by atoms with Crippen LogP contribution in [0.1, 0.15) is 25.3 Å². The van der Waals surface area contributed by atoms with Crippen LogP contribution in [-0.4, -0.2) is 22.7 Å². The van der Waals surface area contributed by atoms with Crippen LogP contribution in [0.25, 0.3) is 0 Å². The van der Waals surface area contributed by atoms with Gasteiger partial charge in [0.25, 0.3) is 0 Å². The summed E-state index contributed by atoms with van der Waals surface area (Å²) in [5.74, 6) is 0.332. The van der Waals surface area contributed by atoms with Crippen LogP contribution in [-0.2, 0) is 6.61 Å². The van der Waals surface area contributed by atoms with Crippen molar-refractivity contribution in [3.63, 3.8) is 0 Å². The highest BCUT2D eigenvalue weighted by molar-refractivity contribution is 5.48. The lowest BCUT2D eigenvalue weighted by Gasteiger charge is -2.24. The molecule has 0 spiro atoms. The quantitative estimate of drug-likeness (QED) is 0.807. The molecule has 0 aromatic carbocycles. The summed E-state index contributed by atoms with van der Waals surface area (Å²) in [4.78, 5) is 6.20. The predicted octanol–water partition coefficient (Wildman–Crippen LogP) is 1.70. The third-order valence-corrected chi connectivity index (χ3v) is 2.90. The van der Waals surface area contributed by atoms with Crippen molar-refractivity contribution in [1.82, 2.24) is 4.98 Å². The molecule has 1 saturated heterocycles. The highest BCUT2D eigenvalue weighted by Crippen LogP contribution is 2.26. The molecule has 4 heteroatoms. The molecule has 0 aliphatic carbocycles. The third kappa shape index (κ3) is 1.95. The van der Waals surface area contributed by atoms with Crippen LogP contribution in [0.3, 0.4) is 0 Å². The van der Waals surface area contributed by atoms with Crippen LogP contribution < -0.4 is 4.90 Å². The lowest BCUT2D eigenvalue weighted by Crippen LogP contribution is -2.28. The van der Waals surface area contributed by atoms with Gasteiger partial charge in [-0.05, 0) is 25.8 Å². The van der Waals surface area contributed by atoms with E-state index in [1.807, 2.05) is 0 Å². The maximum absolute atomic E-state index is 12.9. The zero-order valence-corrected chi connectivity index (χ0v) is 8.78. The fraction of sp³-hybridized carbons (Fsp3) is 0.545. The molecule has 1 aromatic rings. The maximum Gasteiger partial charge on any atom is 0.142 e. The first kappa shape index (κ1) is 10.4. The minimum absolute atomic E-state index is 0.163. The van der Waals surface area contributed by atoms with E-state index >= 15 is 0 Å². The van der Waals surface area contributed by atoms with Crippen LogP contribution in [0.15, 0.2) is 12.3 Å². The summed E-state index contributed by atoms with van der Waals surface area (Å²) in [7, 11) is 0. The lowest BCUT2D eigenvalue weighted by atomic mass is 10.2. The highest BCUT2D eigenvalue weighted by atomic mass is 19.1. The molecular weight excluding hydrogens is 195 g/mol. The number of aliphatic hydroxyl groups is 1. The summed E-state index contributed by atoms with van der Waals surface area (Å²) in [6.07, 6.45) is 3.47. The van der Waals surface area contributed by atoms with Gasteiger partial charge in [0.15, 0.2) is 0 Å². The Balaban J connectivity index is 2.34. The van der Waals surface area contributed by atoms with E-state index in [0.717, 1.165) is 25.2 Å². The average Bonchev–Trinajstić information content (AvgIpc) is 2.64.